The molecule has 1 aromatic carbocycles. The molecule has 0 heterocycles. The molecule has 0 aliphatic carbocycles. The quantitative estimate of drug-likeness (QED) is 0.589. The molecule has 3 N–H and O–H groups in total. The molecule has 0 radical (unpaired) electrons. The molecule has 0 saturated heterocycles. The zero-order chi connectivity index (χ0) is 14.1. The smallest absolute Gasteiger partial charge is 0.321 e. The second-order valence-corrected chi connectivity index (χ2v) is 4.39. The Hall–Kier alpha value is -1.88. The van der Waals surface area contributed by atoms with E-state index in [2.05, 4.69) is 17.4 Å². The third-order valence-corrected chi connectivity index (χ3v) is 2.80. The Labute approximate surface area is 112 Å². The number of carboxylic acids is 2. The van der Waals surface area contributed by atoms with Crippen LogP contribution in [0.3, 0.4) is 0 Å². The van der Waals surface area contributed by atoms with E-state index in [1.807, 2.05) is 18.2 Å². The van der Waals surface area contributed by atoms with Crippen molar-refractivity contribution in [1.82, 2.24) is 5.32 Å². The molecule has 19 heavy (non-hydrogen) atoms. The number of aryl methyl sites for hydroxylation is 1. The number of hydrogen-bond donors (Lipinski definition) is 3. The lowest BCUT2D eigenvalue weighted by molar-refractivity contribution is -0.145. The summed E-state index contributed by atoms with van der Waals surface area (Å²) in [6, 6.07) is 9.04. The third kappa shape index (κ3) is 6.57. The molecule has 0 aliphatic heterocycles. The second kappa shape index (κ2) is 8.26. The summed E-state index contributed by atoms with van der Waals surface area (Å²) in [4.78, 5) is 21.3. The van der Waals surface area contributed by atoms with E-state index in [1.54, 1.807) is 0 Å². The number of carbonyl (C=O) groups is 2. The predicted octanol–water partition coefficient (Wildman–Crippen LogP) is 1.53. The van der Waals surface area contributed by atoms with Gasteiger partial charge in [0.1, 0.15) is 6.04 Å². The first-order chi connectivity index (χ1) is 9.09. The lowest BCUT2D eigenvalue weighted by Gasteiger charge is -2.11. The Morgan fingerprint density at radius 3 is 2.37 bits per heavy atom. The first kappa shape index (κ1) is 15.2. The van der Waals surface area contributed by atoms with Gasteiger partial charge in [-0.1, -0.05) is 30.3 Å². The fraction of sp³-hybridized carbons (Fsp3) is 0.429. The maximum absolute atomic E-state index is 10.8. The molecule has 0 bridgehead atoms. The average Bonchev–Trinajstić information content (AvgIpc) is 2.37. The van der Waals surface area contributed by atoms with Crippen LogP contribution in [-0.4, -0.2) is 34.7 Å². The highest BCUT2D eigenvalue weighted by Gasteiger charge is 2.19. The summed E-state index contributed by atoms with van der Waals surface area (Å²) in [7, 11) is 0. The minimum absolute atomic E-state index is 0.395. The van der Waals surface area contributed by atoms with E-state index in [0.717, 1.165) is 19.3 Å². The molecule has 5 nitrogen and oxygen atoms in total. The molecule has 0 saturated carbocycles. The number of hydrogen-bond acceptors (Lipinski definition) is 3. The van der Waals surface area contributed by atoms with Crippen molar-refractivity contribution in [2.75, 3.05) is 6.54 Å². The van der Waals surface area contributed by atoms with Gasteiger partial charge in [0.2, 0.25) is 0 Å². The van der Waals surface area contributed by atoms with Crippen LogP contribution in [0.4, 0.5) is 0 Å². The fourth-order valence-corrected chi connectivity index (χ4v) is 1.80. The highest BCUT2D eigenvalue weighted by Crippen LogP contribution is 2.04. The molecule has 1 aromatic rings. The van der Waals surface area contributed by atoms with Gasteiger partial charge in [0.15, 0.2) is 0 Å². The van der Waals surface area contributed by atoms with Crippen molar-refractivity contribution in [3.63, 3.8) is 0 Å². The third-order valence-electron chi connectivity index (χ3n) is 2.80. The first-order valence-corrected chi connectivity index (χ1v) is 6.31. The molecule has 1 atom stereocenters. The van der Waals surface area contributed by atoms with Crippen molar-refractivity contribution in [2.24, 2.45) is 0 Å². The summed E-state index contributed by atoms with van der Waals surface area (Å²) in [6.07, 6.45) is 2.31. The Balaban J connectivity index is 2.18. The van der Waals surface area contributed by atoms with E-state index in [4.69, 9.17) is 10.2 Å². The van der Waals surface area contributed by atoms with Gasteiger partial charge in [-0.05, 0) is 31.4 Å². The number of benzene rings is 1. The molecule has 0 aliphatic rings. The number of carboxylic acid groups (broad SMARTS) is 2. The molecule has 1 rings (SSSR count). The van der Waals surface area contributed by atoms with E-state index in [1.165, 1.54) is 5.56 Å². The maximum Gasteiger partial charge on any atom is 0.321 e. The van der Waals surface area contributed by atoms with Gasteiger partial charge in [-0.2, -0.15) is 0 Å². The number of aliphatic carboxylic acids is 2. The Morgan fingerprint density at radius 2 is 1.79 bits per heavy atom. The monoisotopic (exact) mass is 265 g/mol. The van der Waals surface area contributed by atoms with E-state index in [-0.39, 0.29) is 0 Å². The van der Waals surface area contributed by atoms with Crippen LogP contribution in [0.15, 0.2) is 30.3 Å². The van der Waals surface area contributed by atoms with Crippen molar-refractivity contribution < 1.29 is 19.8 Å². The topological polar surface area (TPSA) is 86.6 Å². The predicted molar refractivity (Wildman–Crippen MR) is 71.1 cm³/mol. The van der Waals surface area contributed by atoms with Crippen molar-refractivity contribution in [3.05, 3.63) is 35.9 Å². The van der Waals surface area contributed by atoms with Gasteiger partial charge < -0.3 is 15.5 Å². The number of rotatable bonds is 9. The summed E-state index contributed by atoms with van der Waals surface area (Å²) in [5.74, 6) is -2.23. The van der Waals surface area contributed by atoms with Crippen molar-refractivity contribution in [3.8, 4) is 0 Å². The van der Waals surface area contributed by atoms with Crippen LogP contribution < -0.4 is 5.32 Å². The number of nitrogens with one attached hydrogen (secondary N) is 1. The van der Waals surface area contributed by atoms with Gasteiger partial charge in [0, 0.05) is 0 Å². The van der Waals surface area contributed by atoms with Gasteiger partial charge >= 0.3 is 11.9 Å². The second-order valence-electron chi connectivity index (χ2n) is 4.39. The largest absolute Gasteiger partial charge is 0.481 e. The highest BCUT2D eigenvalue weighted by atomic mass is 16.4. The molecule has 5 heteroatoms. The van der Waals surface area contributed by atoms with Crippen LogP contribution in [0, 0.1) is 0 Å². The van der Waals surface area contributed by atoms with Gasteiger partial charge in [0.05, 0.1) is 6.42 Å². The zero-order valence-electron chi connectivity index (χ0n) is 10.7. The first-order valence-electron chi connectivity index (χ1n) is 6.31. The Bertz CT molecular complexity index is 405. The zero-order valence-corrected chi connectivity index (χ0v) is 10.7. The minimum Gasteiger partial charge on any atom is -0.481 e. The Morgan fingerprint density at radius 1 is 1.11 bits per heavy atom. The molecule has 0 aromatic heterocycles. The van der Waals surface area contributed by atoms with E-state index in [0.29, 0.717) is 6.54 Å². The van der Waals surface area contributed by atoms with Crippen LogP contribution in [0.5, 0.6) is 0 Å². The summed E-state index contributed by atoms with van der Waals surface area (Å²) in [6.45, 7) is 0.511. The van der Waals surface area contributed by atoms with Crippen molar-refractivity contribution in [2.45, 2.75) is 31.7 Å². The molecular weight excluding hydrogens is 246 g/mol. The molecular formula is C14H19NO4. The van der Waals surface area contributed by atoms with Gasteiger partial charge in [-0.3, -0.25) is 9.59 Å². The summed E-state index contributed by atoms with van der Waals surface area (Å²) in [5, 5.41) is 20.2. The van der Waals surface area contributed by atoms with Crippen LogP contribution in [-0.2, 0) is 16.0 Å². The van der Waals surface area contributed by atoms with Crippen molar-refractivity contribution >= 4 is 11.9 Å². The number of unbranched alkanes of at least 4 members (excludes halogenated alkanes) is 1. The van der Waals surface area contributed by atoms with Crippen molar-refractivity contribution in [1.29, 1.82) is 0 Å². The maximum atomic E-state index is 10.8. The molecule has 0 fully saturated rings. The summed E-state index contributed by atoms with van der Waals surface area (Å²) < 4.78 is 0. The van der Waals surface area contributed by atoms with Gasteiger partial charge in [-0.15, -0.1) is 0 Å². The minimum atomic E-state index is -1.12. The van der Waals surface area contributed by atoms with Crippen LogP contribution in [0.25, 0.3) is 0 Å². The lowest BCUT2D eigenvalue weighted by Crippen LogP contribution is -2.39. The summed E-state index contributed by atoms with van der Waals surface area (Å²) >= 11 is 0. The standard InChI is InChI=1S/C14H19NO4/c16-13(17)10-12(14(18)19)15-9-5-4-8-11-6-2-1-3-7-11/h1-3,6-7,12,15H,4-5,8-10H2,(H,16,17)(H,18,19). The van der Waals surface area contributed by atoms with E-state index >= 15 is 0 Å². The van der Waals surface area contributed by atoms with Gasteiger partial charge in [0.25, 0.3) is 0 Å². The van der Waals surface area contributed by atoms with E-state index in [9.17, 15) is 9.59 Å². The van der Waals surface area contributed by atoms with Crippen LogP contribution >= 0.6 is 0 Å². The Kier molecular flexibility index (Phi) is 6.60. The SMILES string of the molecule is O=C(O)CC(NCCCCc1ccccc1)C(=O)O. The van der Waals surface area contributed by atoms with Crippen LogP contribution in [0.2, 0.25) is 0 Å². The molecule has 0 amide bonds. The fourth-order valence-electron chi connectivity index (χ4n) is 1.80. The van der Waals surface area contributed by atoms with E-state index < -0.39 is 24.4 Å². The van der Waals surface area contributed by atoms with Crippen LogP contribution in [0.1, 0.15) is 24.8 Å². The average molecular weight is 265 g/mol. The lowest BCUT2D eigenvalue weighted by atomic mass is 10.1. The normalized spacial score (nSPS) is 12.0. The molecule has 0 spiro atoms. The summed E-state index contributed by atoms with van der Waals surface area (Å²) in [5.41, 5.74) is 1.25. The molecule has 104 valence electrons. The van der Waals surface area contributed by atoms with Gasteiger partial charge in [-0.25, -0.2) is 0 Å². The highest BCUT2D eigenvalue weighted by molar-refractivity contribution is 5.80. The molecule has 1 unspecified atom stereocenters.